The molecule has 0 spiro atoms. The maximum atomic E-state index is 11.7. The SMILES string of the molecule is COc1ccc([C@@H](O)[C@@H]2CN(C)C(=O)N2C)cc1. The Hall–Kier alpha value is -1.75. The lowest BCUT2D eigenvalue weighted by molar-refractivity contribution is 0.0979. The van der Waals surface area contributed by atoms with Gasteiger partial charge in [-0.25, -0.2) is 4.79 Å². The monoisotopic (exact) mass is 250 g/mol. The minimum Gasteiger partial charge on any atom is -0.497 e. The molecule has 1 N–H and O–H groups in total. The van der Waals surface area contributed by atoms with E-state index in [1.807, 2.05) is 12.1 Å². The van der Waals surface area contributed by atoms with Crippen molar-refractivity contribution in [1.29, 1.82) is 0 Å². The van der Waals surface area contributed by atoms with E-state index >= 15 is 0 Å². The molecular formula is C13H18N2O3. The smallest absolute Gasteiger partial charge is 0.319 e. The fourth-order valence-corrected chi connectivity index (χ4v) is 2.23. The standard InChI is InChI=1S/C13H18N2O3/c1-14-8-11(15(2)13(14)17)12(16)9-4-6-10(18-3)7-5-9/h4-7,11-12,16H,8H2,1-3H3/t11-,12+/m0/s1. The molecule has 1 fully saturated rings. The van der Waals surface area contributed by atoms with Crippen LogP contribution in [0.15, 0.2) is 24.3 Å². The van der Waals surface area contributed by atoms with E-state index in [1.54, 1.807) is 43.1 Å². The number of aliphatic hydroxyl groups is 1. The Morgan fingerprint density at radius 3 is 2.39 bits per heavy atom. The van der Waals surface area contributed by atoms with Crippen molar-refractivity contribution in [3.05, 3.63) is 29.8 Å². The molecular weight excluding hydrogens is 232 g/mol. The van der Waals surface area contributed by atoms with Gasteiger partial charge < -0.3 is 19.6 Å². The zero-order chi connectivity index (χ0) is 13.3. The van der Waals surface area contributed by atoms with Crippen LogP contribution in [0.1, 0.15) is 11.7 Å². The van der Waals surface area contributed by atoms with Gasteiger partial charge in [-0.05, 0) is 17.7 Å². The molecule has 0 radical (unpaired) electrons. The van der Waals surface area contributed by atoms with Gasteiger partial charge in [-0.2, -0.15) is 0 Å². The molecule has 0 saturated carbocycles. The van der Waals surface area contributed by atoms with E-state index in [0.29, 0.717) is 6.54 Å². The molecule has 1 aromatic rings. The van der Waals surface area contributed by atoms with Crippen LogP contribution in [0.4, 0.5) is 4.79 Å². The number of amides is 2. The van der Waals surface area contributed by atoms with Crippen LogP contribution in [0, 0.1) is 0 Å². The van der Waals surface area contributed by atoms with E-state index in [0.717, 1.165) is 11.3 Å². The zero-order valence-corrected chi connectivity index (χ0v) is 10.8. The van der Waals surface area contributed by atoms with Crippen molar-refractivity contribution in [2.75, 3.05) is 27.7 Å². The van der Waals surface area contributed by atoms with Crippen molar-refractivity contribution in [3.63, 3.8) is 0 Å². The van der Waals surface area contributed by atoms with Gasteiger partial charge >= 0.3 is 6.03 Å². The Morgan fingerprint density at radius 1 is 1.33 bits per heavy atom. The molecule has 0 unspecified atom stereocenters. The van der Waals surface area contributed by atoms with E-state index in [1.165, 1.54) is 0 Å². The highest BCUT2D eigenvalue weighted by molar-refractivity contribution is 5.76. The Balaban J connectivity index is 2.15. The number of urea groups is 1. The van der Waals surface area contributed by atoms with E-state index in [2.05, 4.69) is 0 Å². The zero-order valence-electron chi connectivity index (χ0n) is 10.8. The second-order valence-electron chi connectivity index (χ2n) is 4.56. The van der Waals surface area contributed by atoms with Gasteiger partial charge in [0.05, 0.1) is 13.2 Å². The Bertz CT molecular complexity index is 432. The highest BCUT2D eigenvalue weighted by Crippen LogP contribution is 2.26. The van der Waals surface area contributed by atoms with Crippen molar-refractivity contribution < 1.29 is 14.6 Å². The molecule has 2 rings (SSSR count). The predicted octanol–water partition coefficient (Wildman–Crippen LogP) is 1.09. The summed E-state index contributed by atoms with van der Waals surface area (Å²) in [5.74, 6) is 0.749. The number of rotatable bonds is 3. The van der Waals surface area contributed by atoms with Gasteiger partial charge in [0.1, 0.15) is 11.9 Å². The van der Waals surface area contributed by atoms with E-state index in [9.17, 15) is 9.90 Å². The summed E-state index contributed by atoms with van der Waals surface area (Å²) in [5, 5.41) is 10.3. The number of nitrogens with zero attached hydrogens (tertiary/aromatic N) is 2. The molecule has 98 valence electrons. The molecule has 0 aromatic heterocycles. The Morgan fingerprint density at radius 2 is 1.94 bits per heavy atom. The van der Waals surface area contributed by atoms with Crippen LogP contribution in [0.3, 0.4) is 0 Å². The summed E-state index contributed by atoms with van der Waals surface area (Å²) in [5.41, 5.74) is 0.788. The maximum Gasteiger partial charge on any atom is 0.319 e. The van der Waals surface area contributed by atoms with Gasteiger partial charge in [0.25, 0.3) is 0 Å². The van der Waals surface area contributed by atoms with Gasteiger partial charge in [-0.15, -0.1) is 0 Å². The van der Waals surface area contributed by atoms with Gasteiger partial charge in [-0.3, -0.25) is 0 Å². The van der Waals surface area contributed by atoms with Crippen molar-refractivity contribution >= 4 is 6.03 Å². The van der Waals surface area contributed by atoms with Crippen molar-refractivity contribution in [1.82, 2.24) is 9.80 Å². The number of hydrogen-bond donors (Lipinski definition) is 1. The fourth-order valence-electron chi connectivity index (χ4n) is 2.23. The van der Waals surface area contributed by atoms with Crippen LogP contribution in [0.2, 0.25) is 0 Å². The molecule has 1 aromatic carbocycles. The number of aliphatic hydroxyl groups excluding tert-OH is 1. The number of methoxy groups -OCH3 is 1. The molecule has 1 aliphatic rings. The number of likely N-dealkylation sites (N-methyl/N-ethyl adjacent to an activating group) is 2. The lowest BCUT2D eigenvalue weighted by Gasteiger charge is -2.23. The summed E-state index contributed by atoms with van der Waals surface area (Å²) in [4.78, 5) is 14.9. The van der Waals surface area contributed by atoms with Crippen molar-refractivity contribution in [2.24, 2.45) is 0 Å². The van der Waals surface area contributed by atoms with Crippen LogP contribution in [0.5, 0.6) is 5.75 Å². The topological polar surface area (TPSA) is 53.0 Å². The first-order chi connectivity index (χ1) is 8.54. The molecule has 5 heteroatoms. The average Bonchev–Trinajstić information content (AvgIpc) is 2.66. The highest BCUT2D eigenvalue weighted by Gasteiger charge is 2.37. The second kappa shape index (κ2) is 4.86. The minimum absolute atomic E-state index is 0.0624. The lowest BCUT2D eigenvalue weighted by atomic mass is 10.0. The van der Waals surface area contributed by atoms with Gasteiger partial charge in [-0.1, -0.05) is 12.1 Å². The summed E-state index contributed by atoms with van der Waals surface area (Å²) in [6, 6.07) is 6.97. The Kier molecular flexibility index (Phi) is 3.43. The normalized spacial score (nSPS) is 21.3. The minimum atomic E-state index is -0.685. The van der Waals surface area contributed by atoms with E-state index in [4.69, 9.17) is 4.74 Å². The number of carbonyl (C=O) groups excluding carboxylic acids is 1. The predicted molar refractivity (Wildman–Crippen MR) is 67.5 cm³/mol. The molecule has 18 heavy (non-hydrogen) atoms. The van der Waals surface area contributed by atoms with E-state index < -0.39 is 6.10 Å². The third-order valence-corrected chi connectivity index (χ3v) is 3.41. The first-order valence-corrected chi connectivity index (χ1v) is 5.84. The summed E-state index contributed by atoms with van der Waals surface area (Å²) in [6.07, 6.45) is -0.685. The van der Waals surface area contributed by atoms with Gasteiger partial charge in [0.2, 0.25) is 0 Å². The lowest BCUT2D eigenvalue weighted by Crippen LogP contribution is -2.34. The first kappa shape index (κ1) is 12.7. The molecule has 1 saturated heterocycles. The number of carbonyl (C=O) groups is 1. The quantitative estimate of drug-likeness (QED) is 0.874. The van der Waals surface area contributed by atoms with Gasteiger partial charge in [0, 0.05) is 20.6 Å². The number of hydrogen-bond acceptors (Lipinski definition) is 3. The summed E-state index contributed by atoms with van der Waals surface area (Å²) >= 11 is 0. The molecule has 2 atom stereocenters. The van der Waals surface area contributed by atoms with Crippen LogP contribution >= 0.6 is 0 Å². The van der Waals surface area contributed by atoms with Crippen LogP contribution in [0.25, 0.3) is 0 Å². The fraction of sp³-hybridized carbons (Fsp3) is 0.462. The number of ether oxygens (including phenoxy) is 1. The molecule has 0 aliphatic carbocycles. The van der Waals surface area contributed by atoms with Crippen LogP contribution in [-0.2, 0) is 0 Å². The molecule has 0 bridgehead atoms. The average molecular weight is 250 g/mol. The van der Waals surface area contributed by atoms with Gasteiger partial charge in [0.15, 0.2) is 0 Å². The van der Waals surface area contributed by atoms with E-state index in [-0.39, 0.29) is 12.1 Å². The maximum absolute atomic E-state index is 11.7. The molecule has 1 aliphatic heterocycles. The van der Waals surface area contributed by atoms with Crippen LogP contribution < -0.4 is 4.74 Å². The molecule has 2 amide bonds. The summed E-state index contributed by atoms with van der Waals surface area (Å²) < 4.78 is 5.08. The third-order valence-electron chi connectivity index (χ3n) is 3.41. The van der Waals surface area contributed by atoms with Crippen molar-refractivity contribution in [3.8, 4) is 5.75 Å². The number of benzene rings is 1. The summed E-state index contributed by atoms with van der Waals surface area (Å²) in [6.45, 7) is 0.530. The first-order valence-electron chi connectivity index (χ1n) is 5.84. The van der Waals surface area contributed by atoms with Crippen LogP contribution in [-0.4, -0.2) is 54.7 Å². The second-order valence-corrected chi connectivity index (χ2v) is 4.56. The molecule has 1 heterocycles. The van der Waals surface area contributed by atoms with Crippen molar-refractivity contribution in [2.45, 2.75) is 12.1 Å². The largest absolute Gasteiger partial charge is 0.497 e. The highest BCUT2D eigenvalue weighted by atomic mass is 16.5. The third kappa shape index (κ3) is 2.13. The Labute approximate surface area is 107 Å². The summed E-state index contributed by atoms with van der Waals surface area (Å²) in [7, 11) is 5.05. The molecule has 5 nitrogen and oxygen atoms in total.